The Kier molecular flexibility index (Phi) is 5.32. The second-order valence-corrected chi connectivity index (χ2v) is 13.5. The second kappa shape index (κ2) is 9.57. The fraction of sp³-hybridized carbons (Fsp3) is 0. The van der Waals surface area contributed by atoms with Gasteiger partial charge in [-0.15, -0.1) is 22.7 Å². The van der Waals surface area contributed by atoms with E-state index >= 15 is 0 Å². The van der Waals surface area contributed by atoms with Crippen molar-refractivity contribution in [3.05, 3.63) is 140 Å². The van der Waals surface area contributed by atoms with Gasteiger partial charge >= 0.3 is 0 Å². The third-order valence-corrected chi connectivity index (χ3v) is 11.1. The number of hydrogen-bond acceptors (Lipinski definition) is 4. The molecule has 0 aliphatic rings. The van der Waals surface area contributed by atoms with Gasteiger partial charge in [0.2, 0.25) is 0 Å². The Labute approximate surface area is 266 Å². The summed E-state index contributed by atoms with van der Waals surface area (Å²) in [5.41, 5.74) is 7.69. The Morgan fingerprint density at radius 2 is 1.16 bits per heavy atom. The molecule has 0 N–H and O–H groups in total. The van der Waals surface area contributed by atoms with Crippen LogP contribution in [0, 0.1) is 0 Å². The molecule has 0 radical (unpaired) electrons. The van der Waals surface area contributed by atoms with Gasteiger partial charge in [-0.1, -0.05) is 97.1 Å². The Bertz CT molecular complexity index is 2750. The molecule has 0 saturated carbocycles. The van der Waals surface area contributed by atoms with Crippen LogP contribution in [0.25, 0.3) is 90.6 Å². The summed E-state index contributed by atoms with van der Waals surface area (Å²) >= 11 is 3.65. The van der Waals surface area contributed by atoms with Gasteiger partial charge in [-0.05, 0) is 42.5 Å². The molecule has 0 aliphatic carbocycles. The molecule has 0 unspecified atom stereocenters. The Balaban J connectivity index is 1.25. The summed E-state index contributed by atoms with van der Waals surface area (Å²) in [6.07, 6.45) is 0. The summed E-state index contributed by atoms with van der Waals surface area (Å²) in [4.78, 5) is 10.3. The van der Waals surface area contributed by atoms with Crippen molar-refractivity contribution in [2.75, 3.05) is 0 Å². The van der Waals surface area contributed by atoms with Crippen LogP contribution in [0.4, 0.5) is 0 Å². The molecule has 10 aromatic rings. The zero-order valence-corrected chi connectivity index (χ0v) is 25.6. The average molecular weight is 610 g/mol. The van der Waals surface area contributed by atoms with Gasteiger partial charge in [0.15, 0.2) is 5.82 Å². The van der Waals surface area contributed by atoms with E-state index in [1.165, 1.54) is 46.7 Å². The van der Waals surface area contributed by atoms with Crippen LogP contribution in [-0.4, -0.2) is 14.5 Å². The van der Waals surface area contributed by atoms with Crippen molar-refractivity contribution in [2.45, 2.75) is 0 Å². The highest BCUT2D eigenvalue weighted by molar-refractivity contribution is 7.26. The molecule has 45 heavy (non-hydrogen) atoms. The predicted octanol–water partition coefficient (Wildman–Crippen LogP) is 11.6. The van der Waals surface area contributed by atoms with Crippen LogP contribution in [0.1, 0.15) is 0 Å². The van der Waals surface area contributed by atoms with Crippen molar-refractivity contribution in [1.29, 1.82) is 0 Å². The van der Waals surface area contributed by atoms with Crippen molar-refractivity contribution in [1.82, 2.24) is 14.5 Å². The van der Waals surface area contributed by atoms with E-state index in [4.69, 9.17) is 9.97 Å². The average Bonchev–Trinajstić information content (AvgIpc) is 3.76. The lowest BCUT2D eigenvalue weighted by molar-refractivity contribution is 1.19. The molecule has 3 nitrogen and oxygen atoms in total. The summed E-state index contributed by atoms with van der Waals surface area (Å²) < 4.78 is 7.38. The minimum atomic E-state index is 0.750. The summed E-state index contributed by atoms with van der Waals surface area (Å²) in [5, 5.41) is 6.36. The third-order valence-electron chi connectivity index (χ3n) is 8.81. The Morgan fingerprint density at radius 3 is 2.00 bits per heavy atom. The van der Waals surface area contributed by atoms with Crippen LogP contribution in [0.2, 0.25) is 0 Å². The number of benzene rings is 6. The van der Waals surface area contributed by atoms with E-state index < -0.39 is 0 Å². The fourth-order valence-electron chi connectivity index (χ4n) is 6.74. The summed E-state index contributed by atoms with van der Waals surface area (Å²) in [7, 11) is 0. The normalized spacial score (nSPS) is 12.0. The van der Waals surface area contributed by atoms with Crippen molar-refractivity contribution < 1.29 is 0 Å². The molecule has 5 heteroatoms. The van der Waals surface area contributed by atoms with Gasteiger partial charge < -0.3 is 4.57 Å². The predicted molar refractivity (Wildman–Crippen MR) is 193 cm³/mol. The third kappa shape index (κ3) is 3.75. The number of nitrogens with zero attached hydrogens (tertiary/aromatic N) is 3. The van der Waals surface area contributed by atoms with E-state index in [2.05, 4.69) is 126 Å². The largest absolute Gasteiger partial charge is 0.309 e. The van der Waals surface area contributed by atoms with E-state index in [1.54, 1.807) is 11.3 Å². The molecule has 0 bridgehead atoms. The van der Waals surface area contributed by atoms with Gasteiger partial charge in [-0.25, -0.2) is 9.97 Å². The lowest BCUT2D eigenvalue weighted by Gasteiger charge is -2.08. The van der Waals surface area contributed by atoms with E-state index in [-0.39, 0.29) is 0 Å². The van der Waals surface area contributed by atoms with Gasteiger partial charge in [-0.3, -0.25) is 0 Å². The molecule has 6 aromatic carbocycles. The SMILES string of the molecule is c1ccc(-c2nc(-c3ccccc3)c3sc4cc(-n5c6ccccc6c6cc7c(cc65)sc5ccccc57)ccc4c3n2)cc1. The molecule has 0 spiro atoms. The van der Waals surface area contributed by atoms with Gasteiger partial charge in [0.05, 0.1) is 26.9 Å². The van der Waals surface area contributed by atoms with Crippen molar-refractivity contribution in [3.63, 3.8) is 0 Å². The van der Waals surface area contributed by atoms with Crippen molar-refractivity contribution in [3.8, 4) is 28.3 Å². The Hall–Kier alpha value is -5.36. The van der Waals surface area contributed by atoms with Crippen LogP contribution < -0.4 is 0 Å². The van der Waals surface area contributed by atoms with Crippen LogP contribution >= 0.6 is 22.7 Å². The molecule has 0 aliphatic heterocycles. The van der Waals surface area contributed by atoms with Crippen molar-refractivity contribution in [2.24, 2.45) is 0 Å². The summed E-state index contributed by atoms with van der Waals surface area (Å²) in [6.45, 7) is 0. The lowest BCUT2D eigenvalue weighted by Crippen LogP contribution is -1.94. The molecule has 4 aromatic heterocycles. The highest BCUT2D eigenvalue weighted by Crippen LogP contribution is 2.43. The maximum atomic E-state index is 5.16. The zero-order chi connectivity index (χ0) is 29.5. The minimum absolute atomic E-state index is 0.750. The topological polar surface area (TPSA) is 30.7 Å². The van der Waals surface area contributed by atoms with Gasteiger partial charge in [0.25, 0.3) is 0 Å². The van der Waals surface area contributed by atoms with E-state index in [0.29, 0.717) is 0 Å². The van der Waals surface area contributed by atoms with Gasteiger partial charge in [0.1, 0.15) is 0 Å². The minimum Gasteiger partial charge on any atom is -0.309 e. The van der Waals surface area contributed by atoms with Crippen LogP contribution in [0.15, 0.2) is 140 Å². The second-order valence-electron chi connectivity index (χ2n) is 11.4. The molecular formula is C40H23N3S2. The summed E-state index contributed by atoms with van der Waals surface area (Å²) in [6, 6.07) is 49.9. The number of hydrogen-bond donors (Lipinski definition) is 0. The molecule has 210 valence electrons. The van der Waals surface area contributed by atoms with Crippen LogP contribution in [-0.2, 0) is 0 Å². The molecule has 4 heterocycles. The van der Waals surface area contributed by atoms with Gasteiger partial charge in [-0.2, -0.15) is 0 Å². The molecular weight excluding hydrogens is 587 g/mol. The maximum absolute atomic E-state index is 5.16. The van der Waals surface area contributed by atoms with Gasteiger partial charge in [0, 0.05) is 57.8 Å². The van der Waals surface area contributed by atoms with Crippen molar-refractivity contribution >= 4 is 85.0 Å². The standard InChI is InChI=1S/C40H23N3S2/c1-3-11-24(12-4-1)37-39-38(42-40(41-37)25-13-5-2-6-14-25)29-20-19-26(21-35(29)45-39)43-32-17-9-7-15-27(32)30-22-31-28-16-8-10-18-34(28)44-36(31)23-33(30)43/h1-23H. The van der Waals surface area contributed by atoms with Crippen LogP contribution in [0.5, 0.6) is 0 Å². The highest BCUT2D eigenvalue weighted by Gasteiger charge is 2.19. The Morgan fingerprint density at radius 1 is 0.444 bits per heavy atom. The first-order valence-corrected chi connectivity index (χ1v) is 16.6. The van der Waals surface area contributed by atoms with E-state index in [9.17, 15) is 0 Å². The zero-order valence-electron chi connectivity index (χ0n) is 23.9. The number of aromatic nitrogens is 3. The molecule has 0 fully saturated rings. The van der Waals surface area contributed by atoms with E-state index in [1.807, 2.05) is 29.5 Å². The quantitative estimate of drug-likeness (QED) is 0.199. The number of rotatable bonds is 3. The molecule has 0 amide bonds. The number of fused-ring (bicyclic) bond motifs is 9. The monoisotopic (exact) mass is 609 g/mol. The highest BCUT2D eigenvalue weighted by atomic mass is 32.1. The molecule has 0 saturated heterocycles. The maximum Gasteiger partial charge on any atom is 0.160 e. The first-order chi connectivity index (χ1) is 22.3. The first-order valence-electron chi connectivity index (χ1n) is 15.0. The number of thiophene rings is 2. The summed E-state index contributed by atoms with van der Waals surface area (Å²) in [5.74, 6) is 0.750. The fourth-order valence-corrected chi connectivity index (χ4v) is 9.05. The van der Waals surface area contributed by atoms with Crippen LogP contribution in [0.3, 0.4) is 0 Å². The first kappa shape index (κ1) is 25.0. The smallest absolute Gasteiger partial charge is 0.160 e. The lowest BCUT2D eigenvalue weighted by atomic mass is 10.1. The molecule has 10 rings (SSSR count). The number of para-hydroxylation sites is 1. The molecule has 0 atom stereocenters. The van der Waals surface area contributed by atoms with E-state index in [0.717, 1.165) is 43.9 Å².